The first-order valence-electron chi connectivity index (χ1n) is 6.21. The minimum atomic E-state index is -0.347. The minimum absolute atomic E-state index is 0.102. The Kier molecular flexibility index (Phi) is 5.11. The van der Waals surface area contributed by atoms with Crippen molar-refractivity contribution in [2.75, 3.05) is 13.2 Å². The fourth-order valence-electron chi connectivity index (χ4n) is 1.82. The van der Waals surface area contributed by atoms with E-state index in [0.717, 1.165) is 0 Å². The smallest absolute Gasteiger partial charge is 0.123 e. The highest BCUT2D eigenvalue weighted by Gasteiger charge is 2.19. The summed E-state index contributed by atoms with van der Waals surface area (Å²) in [7, 11) is 0. The van der Waals surface area contributed by atoms with Crippen LogP contribution in [0.5, 0.6) is 5.75 Å². The van der Waals surface area contributed by atoms with E-state index in [9.17, 15) is 9.50 Å². The van der Waals surface area contributed by atoms with Crippen molar-refractivity contribution in [1.82, 2.24) is 5.32 Å². The Labute approximate surface area is 108 Å². The van der Waals surface area contributed by atoms with Gasteiger partial charge >= 0.3 is 0 Å². The Morgan fingerprint density at radius 1 is 1.44 bits per heavy atom. The van der Waals surface area contributed by atoms with E-state index in [1.807, 2.05) is 27.7 Å². The second kappa shape index (κ2) is 6.16. The van der Waals surface area contributed by atoms with Crippen molar-refractivity contribution >= 4 is 0 Å². The van der Waals surface area contributed by atoms with Crippen LogP contribution in [0.25, 0.3) is 0 Å². The van der Waals surface area contributed by atoms with E-state index >= 15 is 0 Å². The number of ether oxygens (including phenoxy) is 1. The number of halogens is 1. The van der Waals surface area contributed by atoms with E-state index in [-0.39, 0.29) is 23.2 Å². The van der Waals surface area contributed by atoms with Gasteiger partial charge < -0.3 is 15.2 Å². The van der Waals surface area contributed by atoms with E-state index in [1.165, 1.54) is 18.2 Å². The lowest BCUT2D eigenvalue weighted by Gasteiger charge is -2.27. The van der Waals surface area contributed by atoms with E-state index < -0.39 is 0 Å². The second-order valence-corrected chi connectivity index (χ2v) is 5.00. The van der Waals surface area contributed by atoms with Crippen molar-refractivity contribution in [2.45, 2.75) is 39.3 Å². The van der Waals surface area contributed by atoms with Crippen LogP contribution in [0, 0.1) is 5.82 Å². The highest BCUT2D eigenvalue weighted by atomic mass is 19.1. The molecule has 1 atom stereocenters. The van der Waals surface area contributed by atoms with Gasteiger partial charge in [-0.3, -0.25) is 0 Å². The van der Waals surface area contributed by atoms with Crippen LogP contribution in [0.2, 0.25) is 0 Å². The van der Waals surface area contributed by atoms with Crippen LogP contribution in [0.4, 0.5) is 4.39 Å². The lowest BCUT2D eigenvalue weighted by atomic mass is 10.0. The fourth-order valence-corrected chi connectivity index (χ4v) is 1.82. The van der Waals surface area contributed by atoms with Crippen LogP contribution in [-0.2, 0) is 4.74 Å². The Bertz CT molecular complexity index is 393. The molecule has 4 heteroatoms. The fraction of sp³-hybridized carbons (Fsp3) is 0.571. The predicted octanol–water partition coefficient (Wildman–Crippen LogP) is 3.00. The molecule has 0 bridgehead atoms. The van der Waals surface area contributed by atoms with Crippen LogP contribution in [-0.4, -0.2) is 23.9 Å². The van der Waals surface area contributed by atoms with Crippen LogP contribution >= 0.6 is 0 Å². The van der Waals surface area contributed by atoms with E-state index in [1.54, 1.807) is 0 Å². The molecule has 0 aromatic heterocycles. The molecule has 0 fully saturated rings. The molecule has 3 nitrogen and oxygen atoms in total. The summed E-state index contributed by atoms with van der Waals surface area (Å²) in [4.78, 5) is 0. The largest absolute Gasteiger partial charge is 0.508 e. The molecule has 0 saturated heterocycles. The molecular formula is C14H22FNO2. The van der Waals surface area contributed by atoms with Gasteiger partial charge in [-0.15, -0.1) is 0 Å². The lowest BCUT2D eigenvalue weighted by molar-refractivity contribution is -0.0103. The molecule has 1 aromatic rings. The SMILES string of the molecule is CCOC(C)(C)CNC(C)c1cc(F)ccc1O. The van der Waals surface area contributed by atoms with Crippen molar-refractivity contribution < 1.29 is 14.2 Å². The highest BCUT2D eigenvalue weighted by Crippen LogP contribution is 2.25. The zero-order valence-corrected chi connectivity index (χ0v) is 11.5. The van der Waals surface area contributed by atoms with Crippen LogP contribution < -0.4 is 5.32 Å². The number of hydrogen-bond acceptors (Lipinski definition) is 3. The Morgan fingerprint density at radius 2 is 2.11 bits per heavy atom. The quantitative estimate of drug-likeness (QED) is 0.821. The number of aromatic hydroxyl groups is 1. The second-order valence-electron chi connectivity index (χ2n) is 5.00. The highest BCUT2D eigenvalue weighted by molar-refractivity contribution is 5.34. The minimum Gasteiger partial charge on any atom is -0.508 e. The van der Waals surface area contributed by atoms with Gasteiger partial charge in [-0.2, -0.15) is 0 Å². The maximum absolute atomic E-state index is 13.1. The zero-order chi connectivity index (χ0) is 13.8. The summed E-state index contributed by atoms with van der Waals surface area (Å²) < 4.78 is 18.7. The molecule has 0 heterocycles. The summed E-state index contributed by atoms with van der Waals surface area (Å²) in [6.45, 7) is 9.08. The lowest BCUT2D eigenvalue weighted by Crippen LogP contribution is -2.38. The first-order valence-corrected chi connectivity index (χ1v) is 6.21. The van der Waals surface area contributed by atoms with Gasteiger partial charge in [0.15, 0.2) is 0 Å². The summed E-state index contributed by atoms with van der Waals surface area (Å²) in [6.07, 6.45) is 0. The van der Waals surface area contributed by atoms with E-state index in [4.69, 9.17) is 4.74 Å². The number of benzene rings is 1. The van der Waals surface area contributed by atoms with Gasteiger partial charge in [0.05, 0.1) is 5.60 Å². The first-order chi connectivity index (χ1) is 8.35. The van der Waals surface area contributed by atoms with Gasteiger partial charge in [-0.25, -0.2) is 4.39 Å². The normalized spacial score (nSPS) is 13.6. The monoisotopic (exact) mass is 255 g/mol. The van der Waals surface area contributed by atoms with E-state index in [0.29, 0.717) is 18.7 Å². The van der Waals surface area contributed by atoms with Gasteiger partial charge in [0.1, 0.15) is 11.6 Å². The predicted molar refractivity (Wildman–Crippen MR) is 70.2 cm³/mol. The number of phenolic OH excluding ortho intramolecular Hbond substituents is 1. The molecule has 0 radical (unpaired) electrons. The van der Waals surface area contributed by atoms with Crippen LogP contribution in [0.15, 0.2) is 18.2 Å². The van der Waals surface area contributed by atoms with Crippen molar-refractivity contribution in [1.29, 1.82) is 0 Å². The molecular weight excluding hydrogens is 233 g/mol. The molecule has 102 valence electrons. The molecule has 0 aliphatic rings. The van der Waals surface area contributed by atoms with Gasteiger partial charge in [0, 0.05) is 24.8 Å². The topological polar surface area (TPSA) is 41.5 Å². The average Bonchev–Trinajstić information content (AvgIpc) is 2.29. The summed E-state index contributed by atoms with van der Waals surface area (Å²) in [5, 5.41) is 12.9. The third-order valence-corrected chi connectivity index (χ3v) is 2.83. The van der Waals surface area contributed by atoms with Gasteiger partial charge in [0.2, 0.25) is 0 Å². The van der Waals surface area contributed by atoms with Gasteiger partial charge in [0.25, 0.3) is 0 Å². The molecule has 2 N–H and O–H groups in total. The van der Waals surface area contributed by atoms with Crippen LogP contribution in [0.3, 0.4) is 0 Å². The van der Waals surface area contributed by atoms with Gasteiger partial charge in [-0.05, 0) is 45.9 Å². The van der Waals surface area contributed by atoms with Crippen molar-refractivity contribution in [2.24, 2.45) is 0 Å². The van der Waals surface area contributed by atoms with Crippen molar-refractivity contribution in [3.63, 3.8) is 0 Å². The summed E-state index contributed by atoms with van der Waals surface area (Å²) in [6, 6.07) is 3.83. The third kappa shape index (κ3) is 4.27. The van der Waals surface area contributed by atoms with Crippen molar-refractivity contribution in [3.8, 4) is 5.75 Å². The molecule has 0 spiro atoms. The molecule has 1 rings (SSSR count). The average molecular weight is 255 g/mol. The first kappa shape index (κ1) is 14.9. The number of phenols is 1. The number of rotatable bonds is 6. The Balaban J connectivity index is 2.65. The molecule has 1 unspecified atom stereocenters. The number of hydrogen-bond donors (Lipinski definition) is 2. The summed E-state index contributed by atoms with van der Waals surface area (Å²) >= 11 is 0. The van der Waals surface area contributed by atoms with E-state index in [2.05, 4.69) is 5.32 Å². The zero-order valence-electron chi connectivity index (χ0n) is 11.5. The molecule has 0 amide bonds. The molecule has 0 saturated carbocycles. The standard InChI is InChI=1S/C14H22FNO2/c1-5-18-14(3,4)9-16-10(2)12-8-11(15)6-7-13(12)17/h6-8,10,16-17H,5,9H2,1-4H3. The molecule has 18 heavy (non-hydrogen) atoms. The van der Waals surface area contributed by atoms with Crippen LogP contribution in [0.1, 0.15) is 39.3 Å². The summed E-state index contributed by atoms with van der Waals surface area (Å²) in [5.74, 6) is -0.244. The molecule has 0 aliphatic heterocycles. The maximum Gasteiger partial charge on any atom is 0.123 e. The van der Waals surface area contributed by atoms with Crippen molar-refractivity contribution in [3.05, 3.63) is 29.6 Å². The molecule has 0 aliphatic carbocycles. The van der Waals surface area contributed by atoms with Gasteiger partial charge in [-0.1, -0.05) is 0 Å². The maximum atomic E-state index is 13.1. The Hall–Kier alpha value is -1.13. The molecule has 1 aromatic carbocycles. The third-order valence-electron chi connectivity index (χ3n) is 2.83. The Morgan fingerprint density at radius 3 is 2.72 bits per heavy atom. The summed E-state index contributed by atoms with van der Waals surface area (Å²) in [5.41, 5.74) is 0.272. The number of nitrogens with one attached hydrogen (secondary N) is 1.